The van der Waals surface area contributed by atoms with Crippen molar-refractivity contribution in [1.82, 2.24) is 15.1 Å². The Hall–Kier alpha value is -0.830. The van der Waals surface area contributed by atoms with Gasteiger partial charge in [0.25, 0.3) is 0 Å². The molecular weight excluding hydrogens is 174 g/mol. The zero-order valence-electron chi connectivity index (χ0n) is 9.67. The first-order valence-electron chi connectivity index (χ1n) is 5.40. The van der Waals surface area contributed by atoms with E-state index < -0.39 is 0 Å². The van der Waals surface area contributed by atoms with Gasteiger partial charge in [-0.1, -0.05) is 13.3 Å². The molecular formula is C11H21N3. The van der Waals surface area contributed by atoms with Crippen LogP contribution in [0.1, 0.15) is 44.5 Å². The van der Waals surface area contributed by atoms with E-state index >= 15 is 0 Å². The SMILES string of the molecule is CCCc1c(CNC)cnn1C(C)C. The van der Waals surface area contributed by atoms with E-state index in [2.05, 4.69) is 35.9 Å². The maximum atomic E-state index is 4.43. The first-order chi connectivity index (χ1) is 6.70. The highest BCUT2D eigenvalue weighted by molar-refractivity contribution is 5.18. The van der Waals surface area contributed by atoms with Gasteiger partial charge >= 0.3 is 0 Å². The third-order valence-electron chi connectivity index (χ3n) is 2.33. The molecule has 1 aromatic rings. The van der Waals surface area contributed by atoms with Crippen LogP contribution < -0.4 is 5.32 Å². The average Bonchev–Trinajstić information content (AvgIpc) is 2.50. The highest BCUT2D eigenvalue weighted by atomic mass is 15.3. The molecule has 0 aliphatic rings. The minimum atomic E-state index is 0.460. The molecule has 0 spiro atoms. The predicted molar refractivity (Wildman–Crippen MR) is 59.4 cm³/mol. The van der Waals surface area contributed by atoms with Crippen LogP contribution in [-0.4, -0.2) is 16.8 Å². The lowest BCUT2D eigenvalue weighted by atomic mass is 10.1. The first-order valence-corrected chi connectivity index (χ1v) is 5.40. The predicted octanol–water partition coefficient (Wildman–Crippen LogP) is 2.14. The molecule has 0 atom stereocenters. The van der Waals surface area contributed by atoms with E-state index in [4.69, 9.17) is 0 Å². The van der Waals surface area contributed by atoms with Gasteiger partial charge in [0.1, 0.15) is 0 Å². The Balaban J connectivity index is 2.94. The molecule has 14 heavy (non-hydrogen) atoms. The highest BCUT2D eigenvalue weighted by Gasteiger charge is 2.10. The van der Waals surface area contributed by atoms with Crippen molar-refractivity contribution in [2.24, 2.45) is 0 Å². The van der Waals surface area contributed by atoms with Gasteiger partial charge in [-0.05, 0) is 27.3 Å². The Kier molecular flexibility index (Phi) is 4.14. The van der Waals surface area contributed by atoms with Crippen LogP contribution >= 0.6 is 0 Å². The van der Waals surface area contributed by atoms with Gasteiger partial charge in [-0.3, -0.25) is 4.68 Å². The summed E-state index contributed by atoms with van der Waals surface area (Å²) >= 11 is 0. The van der Waals surface area contributed by atoms with Crippen molar-refractivity contribution in [2.45, 2.75) is 46.2 Å². The lowest BCUT2D eigenvalue weighted by molar-refractivity contribution is 0.505. The molecule has 0 unspecified atom stereocenters. The summed E-state index contributed by atoms with van der Waals surface area (Å²) in [5, 5.41) is 7.61. The van der Waals surface area contributed by atoms with E-state index in [0.29, 0.717) is 6.04 Å². The fraction of sp³-hybridized carbons (Fsp3) is 0.727. The largest absolute Gasteiger partial charge is 0.316 e. The van der Waals surface area contributed by atoms with Crippen molar-refractivity contribution in [3.63, 3.8) is 0 Å². The van der Waals surface area contributed by atoms with Crippen molar-refractivity contribution in [1.29, 1.82) is 0 Å². The smallest absolute Gasteiger partial charge is 0.0537 e. The third kappa shape index (κ3) is 2.35. The van der Waals surface area contributed by atoms with Crippen molar-refractivity contribution in [2.75, 3.05) is 7.05 Å². The fourth-order valence-corrected chi connectivity index (χ4v) is 1.72. The Morgan fingerprint density at radius 2 is 2.21 bits per heavy atom. The van der Waals surface area contributed by atoms with Crippen LogP contribution in [0.25, 0.3) is 0 Å². The van der Waals surface area contributed by atoms with Crippen LogP contribution in [0.2, 0.25) is 0 Å². The molecule has 0 radical (unpaired) electrons. The van der Waals surface area contributed by atoms with Crippen LogP contribution in [0.4, 0.5) is 0 Å². The standard InChI is InChI=1S/C11H21N3/c1-5-6-11-10(7-12-4)8-13-14(11)9(2)3/h8-9,12H,5-7H2,1-4H3. The van der Waals surface area contributed by atoms with Crippen molar-refractivity contribution < 1.29 is 0 Å². The molecule has 0 aliphatic carbocycles. The fourth-order valence-electron chi connectivity index (χ4n) is 1.72. The molecule has 0 aliphatic heterocycles. The number of aromatic nitrogens is 2. The summed E-state index contributed by atoms with van der Waals surface area (Å²) in [7, 11) is 1.97. The number of nitrogens with zero attached hydrogens (tertiary/aromatic N) is 2. The minimum absolute atomic E-state index is 0.460. The van der Waals surface area contributed by atoms with Gasteiger partial charge in [-0.25, -0.2) is 0 Å². The summed E-state index contributed by atoms with van der Waals surface area (Å²) in [6, 6.07) is 0.460. The molecule has 3 nitrogen and oxygen atoms in total. The van der Waals surface area contributed by atoms with Crippen LogP contribution in [-0.2, 0) is 13.0 Å². The molecule has 0 saturated heterocycles. The van der Waals surface area contributed by atoms with Gasteiger partial charge in [0, 0.05) is 23.8 Å². The van der Waals surface area contributed by atoms with Gasteiger partial charge in [0.2, 0.25) is 0 Å². The maximum Gasteiger partial charge on any atom is 0.0537 e. The van der Waals surface area contributed by atoms with Gasteiger partial charge in [-0.2, -0.15) is 5.10 Å². The zero-order valence-corrected chi connectivity index (χ0v) is 9.67. The lowest BCUT2D eigenvalue weighted by Gasteiger charge is -2.11. The molecule has 1 aromatic heterocycles. The molecule has 1 N–H and O–H groups in total. The summed E-state index contributed by atoms with van der Waals surface area (Å²) in [5.74, 6) is 0. The van der Waals surface area contributed by atoms with Crippen molar-refractivity contribution >= 4 is 0 Å². The highest BCUT2D eigenvalue weighted by Crippen LogP contribution is 2.15. The van der Waals surface area contributed by atoms with E-state index in [0.717, 1.165) is 13.0 Å². The second-order valence-electron chi connectivity index (χ2n) is 3.94. The Bertz CT molecular complexity index is 276. The summed E-state index contributed by atoms with van der Waals surface area (Å²) in [4.78, 5) is 0. The quantitative estimate of drug-likeness (QED) is 0.780. The first kappa shape index (κ1) is 11.2. The van der Waals surface area contributed by atoms with E-state index in [-0.39, 0.29) is 0 Å². The Morgan fingerprint density at radius 3 is 2.71 bits per heavy atom. The summed E-state index contributed by atoms with van der Waals surface area (Å²) < 4.78 is 2.14. The molecule has 80 valence electrons. The third-order valence-corrected chi connectivity index (χ3v) is 2.33. The molecule has 0 aromatic carbocycles. The van der Waals surface area contributed by atoms with Crippen LogP contribution in [0.5, 0.6) is 0 Å². The number of nitrogens with one attached hydrogen (secondary N) is 1. The molecule has 0 bridgehead atoms. The molecule has 1 heterocycles. The number of hydrogen-bond acceptors (Lipinski definition) is 2. The minimum Gasteiger partial charge on any atom is -0.316 e. The molecule has 1 rings (SSSR count). The van der Waals surface area contributed by atoms with Gasteiger partial charge in [0.05, 0.1) is 6.20 Å². The Labute approximate surface area is 86.5 Å². The summed E-state index contributed by atoms with van der Waals surface area (Å²) in [6.45, 7) is 7.48. The van der Waals surface area contributed by atoms with E-state index in [1.165, 1.54) is 17.7 Å². The van der Waals surface area contributed by atoms with Crippen molar-refractivity contribution in [3.05, 3.63) is 17.5 Å². The van der Waals surface area contributed by atoms with Crippen LogP contribution in [0.3, 0.4) is 0 Å². The number of hydrogen-bond donors (Lipinski definition) is 1. The van der Waals surface area contributed by atoms with Crippen LogP contribution in [0, 0.1) is 0 Å². The van der Waals surface area contributed by atoms with E-state index in [1.807, 2.05) is 13.2 Å². The number of rotatable bonds is 5. The molecule has 3 heteroatoms. The van der Waals surface area contributed by atoms with Gasteiger partial charge in [-0.15, -0.1) is 0 Å². The second-order valence-corrected chi connectivity index (χ2v) is 3.94. The summed E-state index contributed by atoms with van der Waals surface area (Å²) in [5.41, 5.74) is 2.72. The van der Waals surface area contributed by atoms with Gasteiger partial charge in [0.15, 0.2) is 0 Å². The maximum absolute atomic E-state index is 4.43. The second kappa shape index (κ2) is 5.15. The molecule has 0 fully saturated rings. The normalized spacial score (nSPS) is 11.2. The molecule has 0 amide bonds. The lowest BCUT2D eigenvalue weighted by Crippen LogP contribution is -2.11. The van der Waals surface area contributed by atoms with E-state index in [9.17, 15) is 0 Å². The van der Waals surface area contributed by atoms with Crippen molar-refractivity contribution in [3.8, 4) is 0 Å². The zero-order chi connectivity index (χ0) is 10.6. The Morgan fingerprint density at radius 1 is 1.50 bits per heavy atom. The topological polar surface area (TPSA) is 29.9 Å². The molecule has 0 saturated carbocycles. The van der Waals surface area contributed by atoms with Crippen LogP contribution in [0.15, 0.2) is 6.20 Å². The monoisotopic (exact) mass is 195 g/mol. The van der Waals surface area contributed by atoms with Gasteiger partial charge < -0.3 is 5.32 Å². The summed E-state index contributed by atoms with van der Waals surface area (Å²) in [6.07, 6.45) is 4.28. The average molecular weight is 195 g/mol. The van der Waals surface area contributed by atoms with E-state index in [1.54, 1.807) is 0 Å².